The average Bonchev–Trinajstić information content (AvgIpc) is 3.36. The number of nitrogens with two attached hydrogens (primary N) is 1. The van der Waals surface area contributed by atoms with Gasteiger partial charge in [0, 0.05) is 18.8 Å². The Kier molecular flexibility index (Phi) is 7.12. The Morgan fingerprint density at radius 1 is 1.29 bits per heavy atom. The minimum Gasteiger partial charge on any atom is -0.480 e. The molecule has 180 valence electrons. The van der Waals surface area contributed by atoms with Crippen LogP contribution in [0.25, 0.3) is 6.08 Å². The first kappa shape index (κ1) is 23.7. The number of carbonyl (C=O) groups excluding carboxylic acids is 1. The smallest absolute Gasteiger partial charge is 0.320 e. The van der Waals surface area contributed by atoms with Crippen molar-refractivity contribution in [3.05, 3.63) is 42.1 Å². The number of carbonyl (C=O) groups is 2. The first-order valence-corrected chi connectivity index (χ1v) is 11.8. The molecule has 9 nitrogen and oxygen atoms in total. The molecule has 0 spiro atoms. The second kappa shape index (κ2) is 10.2. The third-order valence-corrected chi connectivity index (χ3v) is 6.60. The lowest BCUT2D eigenvalue weighted by molar-refractivity contribution is -0.138. The van der Waals surface area contributed by atoms with Gasteiger partial charge in [-0.3, -0.25) is 9.59 Å². The lowest BCUT2D eigenvalue weighted by Crippen LogP contribution is -2.55. The van der Waals surface area contributed by atoms with E-state index in [1.54, 1.807) is 24.2 Å². The molecule has 34 heavy (non-hydrogen) atoms. The zero-order valence-corrected chi connectivity index (χ0v) is 19.6. The summed E-state index contributed by atoms with van der Waals surface area (Å²) < 4.78 is 0. The van der Waals surface area contributed by atoms with Crippen molar-refractivity contribution in [3.8, 4) is 0 Å². The maximum absolute atomic E-state index is 13.0. The average molecular weight is 465 g/mol. The standard InChI is InChI=1S/C25H32N6O3/c1-3-20-23(32)30(2)21-15-27-25(29-22(21)31(20)18-8-4-5-9-18)28-17-13-11-16(12-14-17)7-6-10-19(26)24(33)34/h6-7,11-15,18-20H,3-5,8-10,26H2,1-2H3,(H,33,34)(H,27,28,29)/b7-6+/t19-,20+/m0/s1. The quantitative estimate of drug-likeness (QED) is 0.542. The van der Waals surface area contributed by atoms with E-state index < -0.39 is 12.0 Å². The number of carboxylic acids is 1. The summed E-state index contributed by atoms with van der Waals surface area (Å²) in [6.45, 7) is 2.05. The van der Waals surface area contributed by atoms with Gasteiger partial charge in [-0.25, -0.2) is 4.98 Å². The van der Waals surface area contributed by atoms with Crippen LogP contribution in [0, 0.1) is 0 Å². The number of fused-ring (bicyclic) bond motifs is 1. The lowest BCUT2D eigenvalue weighted by atomic mass is 10.0. The van der Waals surface area contributed by atoms with Gasteiger partial charge < -0.3 is 26.0 Å². The predicted molar refractivity (Wildman–Crippen MR) is 133 cm³/mol. The largest absolute Gasteiger partial charge is 0.480 e. The van der Waals surface area contributed by atoms with Crippen molar-refractivity contribution >= 4 is 41.1 Å². The van der Waals surface area contributed by atoms with Crippen LogP contribution in [-0.2, 0) is 9.59 Å². The molecule has 1 aromatic heterocycles. The van der Waals surface area contributed by atoms with Gasteiger partial charge >= 0.3 is 5.97 Å². The number of hydrogen-bond donors (Lipinski definition) is 3. The third-order valence-electron chi connectivity index (χ3n) is 6.60. The molecular formula is C25H32N6O3. The topological polar surface area (TPSA) is 125 Å². The number of nitrogens with one attached hydrogen (secondary N) is 1. The van der Waals surface area contributed by atoms with Gasteiger partial charge in [0.1, 0.15) is 17.8 Å². The number of likely N-dealkylation sites (N-methyl/N-ethyl adjacent to an activating group) is 1. The summed E-state index contributed by atoms with van der Waals surface area (Å²) in [4.78, 5) is 37.0. The monoisotopic (exact) mass is 464 g/mol. The summed E-state index contributed by atoms with van der Waals surface area (Å²) >= 11 is 0. The second-order valence-corrected chi connectivity index (χ2v) is 8.90. The zero-order valence-electron chi connectivity index (χ0n) is 19.6. The van der Waals surface area contributed by atoms with Crippen LogP contribution in [0.15, 0.2) is 36.5 Å². The van der Waals surface area contributed by atoms with Crippen LogP contribution in [0.3, 0.4) is 0 Å². The Bertz CT molecular complexity index is 1060. The van der Waals surface area contributed by atoms with E-state index in [0.717, 1.165) is 42.0 Å². The molecule has 1 fully saturated rings. The van der Waals surface area contributed by atoms with Crippen LogP contribution < -0.4 is 20.9 Å². The first-order valence-electron chi connectivity index (χ1n) is 11.8. The summed E-state index contributed by atoms with van der Waals surface area (Å²) in [6, 6.07) is 6.90. The van der Waals surface area contributed by atoms with Crippen LogP contribution in [0.5, 0.6) is 0 Å². The Hall–Kier alpha value is -3.46. The van der Waals surface area contributed by atoms with Gasteiger partial charge in [-0.15, -0.1) is 0 Å². The fourth-order valence-electron chi connectivity index (χ4n) is 4.70. The van der Waals surface area contributed by atoms with E-state index in [4.69, 9.17) is 15.8 Å². The molecule has 1 amide bonds. The van der Waals surface area contributed by atoms with E-state index in [1.165, 1.54) is 12.8 Å². The minimum atomic E-state index is -1.01. The number of hydrogen-bond acceptors (Lipinski definition) is 7. The van der Waals surface area contributed by atoms with Gasteiger partial charge in [-0.2, -0.15) is 4.98 Å². The molecule has 0 unspecified atom stereocenters. The summed E-state index contributed by atoms with van der Waals surface area (Å²) in [6.07, 6.45) is 10.8. The van der Waals surface area contributed by atoms with Crippen molar-refractivity contribution in [3.63, 3.8) is 0 Å². The Labute approximate surface area is 199 Å². The van der Waals surface area contributed by atoms with Crippen LogP contribution in [0.4, 0.5) is 23.1 Å². The SMILES string of the molecule is CC[C@@H]1C(=O)N(C)c2cnc(Nc3ccc(/C=C/C[C@H](N)C(=O)O)cc3)nc2N1C1CCCC1. The first-order chi connectivity index (χ1) is 16.4. The predicted octanol–water partition coefficient (Wildman–Crippen LogP) is 3.54. The number of amides is 1. The molecule has 4 rings (SSSR count). The zero-order chi connectivity index (χ0) is 24.2. The maximum Gasteiger partial charge on any atom is 0.320 e. The van der Waals surface area contributed by atoms with Crippen molar-refractivity contribution < 1.29 is 14.7 Å². The van der Waals surface area contributed by atoms with Crippen LogP contribution in [-0.4, -0.2) is 52.1 Å². The van der Waals surface area contributed by atoms with E-state index in [0.29, 0.717) is 12.0 Å². The molecule has 2 aromatic rings. The summed E-state index contributed by atoms with van der Waals surface area (Å²) in [7, 11) is 1.79. The summed E-state index contributed by atoms with van der Waals surface area (Å²) in [5.74, 6) is 0.378. The highest BCUT2D eigenvalue weighted by Crippen LogP contribution is 2.40. The fraction of sp³-hybridized carbons (Fsp3) is 0.440. The number of carboxylic acid groups (broad SMARTS) is 1. The van der Waals surface area contributed by atoms with Crippen molar-refractivity contribution in [2.75, 3.05) is 22.2 Å². The van der Waals surface area contributed by atoms with E-state index in [-0.39, 0.29) is 18.4 Å². The van der Waals surface area contributed by atoms with E-state index in [9.17, 15) is 9.59 Å². The minimum absolute atomic E-state index is 0.0964. The highest BCUT2D eigenvalue weighted by atomic mass is 16.4. The van der Waals surface area contributed by atoms with Gasteiger partial charge in [0.05, 0.1) is 6.20 Å². The Morgan fingerprint density at radius 2 is 2.00 bits per heavy atom. The molecule has 0 bridgehead atoms. The lowest BCUT2D eigenvalue weighted by Gasteiger charge is -2.43. The van der Waals surface area contributed by atoms with E-state index in [2.05, 4.69) is 22.1 Å². The van der Waals surface area contributed by atoms with Crippen molar-refractivity contribution in [1.29, 1.82) is 0 Å². The highest BCUT2D eigenvalue weighted by molar-refractivity contribution is 6.04. The van der Waals surface area contributed by atoms with Gasteiger partial charge in [-0.05, 0) is 43.4 Å². The molecule has 4 N–H and O–H groups in total. The molecule has 2 aliphatic rings. The third kappa shape index (κ3) is 4.89. The van der Waals surface area contributed by atoms with Crippen LogP contribution >= 0.6 is 0 Å². The van der Waals surface area contributed by atoms with Gasteiger partial charge in [0.25, 0.3) is 0 Å². The maximum atomic E-state index is 13.0. The Morgan fingerprint density at radius 3 is 2.65 bits per heavy atom. The number of benzene rings is 1. The highest BCUT2D eigenvalue weighted by Gasteiger charge is 2.41. The van der Waals surface area contributed by atoms with Gasteiger partial charge in [0.2, 0.25) is 11.9 Å². The molecule has 9 heteroatoms. The van der Waals surface area contributed by atoms with E-state index in [1.807, 2.05) is 30.3 Å². The van der Waals surface area contributed by atoms with Gasteiger partial charge in [-0.1, -0.05) is 44.1 Å². The normalized spacial score (nSPS) is 19.5. The fourth-order valence-corrected chi connectivity index (χ4v) is 4.70. The molecule has 2 atom stereocenters. The molecule has 1 aliphatic carbocycles. The second-order valence-electron chi connectivity index (χ2n) is 8.90. The molecular weight excluding hydrogens is 432 g/mol. The Balaban J connectivity index is 1.53. The van der Waals surface area contributed by atoms with Gasteiger partial charge in [0.15, 0.2) is 5.82 Å². The molecule has 2 heterocycles. The number of rotatable bonds is 8. The number of nitrogens with zero attached hydrogens (tertiary/aromatic N) is 4. The molecule has 1 aliphatic heterocycles. The van der Waals surface area contributed by atoms with Crippen LogP contribution in [0.1, 0.15) is 51.0 Å². The van der Waals surface area contributed by atoms with Crippen LogP contribution in [0.2, 0.25) is 0 Å². The molecule has 1 saturated carbocycles. The number of anilines is 4. The molecule has 0 saturated heterocycles. The summed E-state index contributed by atoms with van der Waals surface area (Å²) in [5, 5.41) is 12.1. The molecule has 0 radical (unpaired) electrons. The molecule has 1 aromatic carbocycles. The number of aromatic nitrogens is 2. The number of aliphatic carboxylic acids is 1. The summed E-state index contributed by atoms with van der Waals surface area (Å²) in [5.41, 5.74) is 8.04. The van der Waals surface area contributed by atoms with Crippen molar-refractivity contribution in [2.24, 2.45) is 5.73 Å². The van der Waals surface area contributed by atoms with Crippen molar-refractivity contribution in [1.82, 2.24) is 9.97 Å². The van der Waals surface area contributed by atoms with E-state index >= 15 is 0 Å². The van der Waals surface area contributed by atoms with Crippen molar-refractivity contribution in [2.45, 2.75) is 63.6 Å².